The van der Waals surface area contributed by atoms with Crippen molar-refractivity contribution in [2.24, 2.45) is 11.8 Å². The van der Waals surface area contributed by atoms with Gasteiger partial charge in [-0.3, -0.25) is 0 Å². The molecule has 2 aliphatic heterocycles. The average Bonchev–Trinajstić information content (AvgIpc) is 2.44. The quantitative estimate of drug-likeness (QED) is 0.544. The molecule has 2 fully saturated rings. The Morgan fingerprint density at radius 1 is 1.30 bits per heavy atom. The van der Waals surface area contributed by atoms with Crippen LogP contribution < -0.4 is 10.6 Å². The van der Waals surface area contributed by atoms with Gasteiger partial charge in [0.2, 0.25) is 0 Å². The van der Waals surface area contributed by atoms with Crippen molar-refractivity contribution in [1.29, 1.82) is 0 Å². The van der Waals surface area contributed by atoms with E-state index in [9.17, 15) is 0 Å². The van der Waals surface area contributed by atoms with Gasteiger partial charge in [-0.1, -0.05) is 13.3 Å². The molecule has 0 aromatic carbocycles. The van der Waals surface area contributed by atoms with Gasteiger partial charge in [-0.25, -0.2) is 0 Å². The number of rotatable bonds is 1. The van der Waals surface area contributed by atoms with Crippen LogP contribution in [0, 0.1) is 11.8 Å². The zero-order valence-electron chi connectivity index (χ0n) is 6.56. The van der Waals surface area contributed by atoms with Gasteiger partial charge in [0.15, 0.2) is 0 Å². The number of fused-ring (bicyclic) bond motifs is 1. The maximum atomic E-state index is 3.56. The van der Waals surface area contributed by atoms with Gasteiger partial charge in [-0.15, -0.1) is 0 Å². The molecule has 2 N–H and O–H groups in total. The molecule has 2 saturated heterocycles. The number of nitrogens with one attached hydrogen (secondary N) is 2. The zero-order chi connectivity index (χ0) is 6.97. The second-order valence-corrected chi connectivity index (χ2v) is 3.51. The fourth-order valence-electron chi connectivity index (χ4n) is 2.32. The van der Waals surface area contributed by atoms with E-state index in [2.05, 4.69) is 17.6 Å². The van der Waals surface area contributed by atoms with Gasteiger partial charge in [-0.2, -0.15) is 0 Å². The highest BCUT2D eigenvalue weighted by molar-refractivity contribution is 4.96. The van der Waals surface area contributed by atoms with Crippen LogP contribution >= 0.6 is 0 Å². The molecule has 10 heavy (non-hydrogen) atoms. The summed E-state index contributed by atoms with van der Waals surface area (Å²) in [5.74, 6) is 1.88. The highest BCUT2D eigenvalue weighted by atomic mass is 15.1. The van der Waals surface area contributed by atoms with Crippen molar-refractivity contribution in [2.75, 3.05) is 19.6 Å². The van der Waals surface area contributed by atoms with Crippen LogP contribution in [0.2, 0.25) is 0 Å². The van der Waals surface area contributed by atoms with Crippen molar-refractivity contribution >= 4 is 0 Å². The molecule has 0 saturated carbocycles. The molecule has 0 aromatic heterocycles. The molecule has 2 rings (SSSR count). The molecule has 0 aliphatic carbocycles. The Balaban J connectivity index is 2.01. The first kappa shape index (κ1) is 6.62. The van der Waals surface area contributed by atoms with Crippen LogP contribution in [0.15, 0.2) is 0 Å². The minimum Gasteiger partial charge on any atom is -0.315 e. The van der Waals surface area contributed by atoms with Crippen LogP contribution in [-0.4, -0.2) is 25.7 Å². The summed E-state index contributed by atoms with van der Waals surface area (Å²) in [7, 11) is 0. The van der Waals surface area contributed by atoms with E-state index in [0.29, 0.717) is 0 Å². The van der Waals surface area contributed by atoms with Crippen LogP contribution in [0.5, 0.6) is 0 Å². The average molecular weight is 140 g/mol. The van der Waals surface area contributed by atoms with Crippen molar-refractivity contribution < 1.29 is 0 Å². The van der Waals surface area contributed by atoms with E-state index in [0.717, 1.165) is 17.9 Å². The predicted molar refractivity (Wildman–Crippen MR) is 41.9 cm³/mol. The molecule has 58 valence electrons. The second kappa shape index (κ2) is 2.51. The van der Waals surface area contributed by atoms with Crippen LogP contribution in [0.1, 0.15) is 13.3 Å². The van der Waals surface area contributed by atoms with Gasteiger partial charge < -0.3 is 10.6 Å². The monoisotopic (exact) mass is 140 g/mol. The van der Waals surface area contributed by atoms with Crippen LogP contribution in [0.25, 0.3) is 0 Å². The molecule has 2 heteroatoms. The van der Waals surface area contributed by atoms with Crippen molar-refractivity contribution in [2.45, 2.75) is 19.4 Å². The number of hydrogen-bond acceptors (Lipinski definition) is 2. The highest BCUT2D eigenvalue weighted by Crippen LogP contribution is 2.27. The van der Waals surface area contributed by atoms with Gasteiger partial charge >= 0.3 is 0 Å². The fraction of sp³-hybridized carbons (Fsp3) is 1.00. The third kappa shape index (κ3) is 0.867. The summed E-state index contributed by atoms with van der Waals surface area (Å²) in [6, 6.07) is 0.796. The summed E-state index contributed by atoms with van der Waals surface area (Å²) in [6.07, 6.45) is 1.34. The Hall–Kier alpha value is -0.0800. The Labute approximate surface area is 62.4 Å². The first-order chi connectivity index (χ1) is 4.92. The van der Waals surface area contributed by atoms with E-state index < -0.39 is 0 Å². The zero-order valence-corrected chi connectivity index (χ0v) is 6.56. The predicted octanol–water partition coefficient (Wildman–Crippen LogP) is 0.204. The lowest BCUT2D eigenvalue weighted by Crippen LogP contribution is -2.27. The minimum atomic E-state index is 0.796. The summed E-state index contributed by atoms with van der Waals surface area (Å²) < 4.78 is 0. The lowest BCUT2D eigenvalue weighted by atomic mass is 9.91. The lowest BCUT2D eigenvalue weighted by molar-refractivity contribution is 0.409. The van der Waals surface area contributed by atoms with E-state index in [1.807, 2.05) is 0 Å². The Morgan fingerprint density at radius 2 is 2.20 bits per heavy atom. The molecule has 0 bridgehead atoms. The van der Waals surface area contributed by atoms with Gasteiger partial charge in [-0.05, 0) is 24.9 Å². The van der Waals surface area contributed by atoms with E-state index in [1.165, 1.54) is 26.1 Å². The van der Waals surface area contributed by atoms with E-state index >= 15 is 0 Å². The SMILES string of the molecule is CCC1CNC2CNCC12. The summed E-state index contributed by atoms with van der Waals surface area (Å²) in [5, 5.41) is 6.98. The largest absolute Gasteiger partial charge is 0.315 e. The fourth-order valence-corrected chi connectivity index (χ4v) is 2.32. The molecule has 0 spiro atoms. The van der Waals surface area contributed by atoms with Crippen LogP contribution in [0.4, 0.5) is 0 Å². The first-order valence-corrected chi connectivity index (χ1v) is 4.36. The maximum Gasteiger partial charge on any atom is 0.0236 e. The van der Waals surface area contributed by atoms with Gasteiger partial charge in [0.05, 0.1) is 0 Å². The van der Waals surface area contributed by atoms with Crippen molar-refractivity contribution in [3.8, 4) is 0 Å². The standard InChI is InChI=1S/C8H16N2/c1-2-6-3-10-8-5-9-4-7(6)8/h6-10H,2-5H2,1H3. The van der Waals surface area contributed by atoms with Gasteiger partial charge in [0.1, 0.15) is 0 Å². The Kier molecular flexibility index (Phi) is 1.66. The molecule has 3 atom stereocenters. The lowest BCUT2D eigenvalue weighted by Gasteiger charge is -2.13. The molecular weight excluding hydrogens is 124 g/mol. The smallest absolute Gasteiger partial charge is 0.0236 e. The van der Waals surface area contributed by atoms with Crippen LogP contribution in [0.3, 0.4) is 0 Å². The van der Waals surface area contributed by atoms with Crippen molar-refractivity contribution in [3.63, 3.8) is 0 Å². The highest BCUT2D eigenvalue weighted by Gasteiger charge is 2.37. The van der Waals surface area contributed by atoms with Crippen molar-refractivity contribution in [3.05, 3.63) is 0 Å². The summed E-state index contributed by atoms with van der Waals surface area (Å²) in [5.41, 5.74) is 0. The molecule has 2 heterocycles. The van der Waals surface area contributed by atoms with Crippen LogP contribution in [-0.2, 0) is 0 Å². The second-order valence-electron chi connectivity index (χ2n) is 3.51. The molecule has 0 amide bonds. The maximum absolute atomic E-state index is 3.56. The van der Waals surface area contributed by atoms with Crippen molar-refractivity contribution in [1.82, 2.24) is 10.6 Å². The van der Waals surface area contributed by atoms with E-state index in [1.54, 1.807) is 0 Å². The molecule has 2 aliphatic rings. The summed E-state index contributed by atoms with van der Waals surface area (Å²) in [6.45, 7) is 6.00. The molecule has 0 aromatic rings. The third-order valence-electron chi connectivity index (χ3n) is 3.03. The summed E-state index contributed by atoms with van der Waals surface area (Å²) >= 11 is 0. The first-order valence-electron chi connectivity index (χ1n) is 4.36. The van der Waals surface area contributed by atoms with E-state index in [-0.39, 0.29) is 0 Å². The third-order valence-corrected chi connectivity index (χ3v) is 3.03. The topological polar surface area (TPSA) is 24.1 Å². The van der Waals surface area contributed by atoms with Gasteiger partial charge in [0.25, 0.3) is 0 Å². The van der Waals surface area contributed by atoms with Gasteiger partial charge in [0, 0.05) is 12.6 Å². The molecule has 3 unspecified atom stereocenters. The molecule has 0 radical (unpaired) electrons. The number of hydrogen-bond donors (Lipinski definition) is 2. The Morgan fingerprint density at radius 3 is 3.00 bits per heavy atom. The van der Waals surface area contributed by atoms with E-state index in [4.69, 9.17) is 0 Å². The Bertz CT molecular complexity index is 124. The molecule has 2 nitrogen and oxygen atoms in total. The minimum absolute atomic E-state index is 0.796. The molecular formula is C8H16N2. The summed E-state index contributed by atoms with van der Waals surface area (Å²) in [4.78, 5) is 0. The normalized spacial score (nSPS) is 45.9.